The van der Waals surface area contributed by atoms with E-state index in [0.717, 1.165) is 34.4 Å². The van der Waals surface area contributed by atoms with E-state index in [2.05, 4.69) is 106 Å². The molecule has 2 aromatic carbocycles. The molecule has 0 fully saturated rings. The molecule has 39 heavy (non-hydrogen) atoms. The summed E-state index contributed by atoms with van der Waals surface area (Å²) in [6.07, 6.45) is 10.7. The summed E-state index contributed by atoms with van der Waals surface area (Å²) in [6, 6.07) is 8.48. The third-order valence-corrected chi connectivity index (χ3v) is 8.35. The van der Waals surface area contributed by atoms with Gasteiger partial charge in [-0.2, -0.15) is 4.58 Å². The topological polar surface area (TPSA) is 43.2 Å². The molecule has 0 spiro atoms. The molecule has 0 radical (unpaired) electrons. The van der Waals surface area contributed by atoms with Crippen LogP contribution in [0, 0.1) is 0 Å². The van der Waals surface area contributed by atoms with E-state index in [-0.39, 0.29) is 10.8 Å². The van der Waals surface area contributed by atoms with E-state index in [9.17, 15) is 0 Å². The predicted molar refractivity (Wildman–Crippen MR) is 155 cm³/mol. The van der Waals surface area contributed by atoms with Gasteiger partial charge in [0, 0.05) is 69.2 Å². The van der Waals surface area contributed by atoms with Crippen molar-refractivity contribution in [1.82, 2.24) is 0 Å². The van der Waals surface area contributed by atoms with Crippen LogP contribution in [0.15, 0.2) is 60.3 Å². The smallest absolute Gasteiger partial charge is 0.246 e. The van der Waals surface area contributed by atoms with Gasteiger partial charge in [0.05, 0.1) is 11.5 Å². The molecule has 6 nitrogen and oxygen atoms in total. The van der Waals surface area contributed by atoms with E-state index < -0.39 is 11.6 Å². The number of benzene rings is 2. The summed E-state index contributed by atoms with van der Waals surface area (Å²) in [5.74, 6) is 1.97. The Morgan fingerprint density at radius 2 is 1.21 bits per heavy atom. The van der Waals surface area contributed by atoms with Crippen LogP contribution in [0.1, 0.15) is 66.5 Å². The molecule has 0 saturated carbocycles. The number of ether oxygens (including phenoxy) is 4. The maximum Gasteiger partial charge on any atom is 0.246 e. The average molecular weight is 528 g/mol. The van der Waals surface area contributed by atoms with E-state index in [4.69, 9.17) is 18.9 Å². The third-order valence-electron chi connectivity index (χ3n) is 8.35. The van der Waals surface area contributed by atoms with Crippen molar-refractivity contribution < 1.29 is 23.5 Å². The number of hydrogen-bond acceptors (Lipinski definition) is 5. The molecule has 0 bridgehead atoms. The number of likely N-dealkylation sites (N-methyl/N-ethyl adjacent to an activating group) is 1. The summed E-state index contributed by atoms with van der Waals surface area (Å²) in [7, 11) is 4.23. The summed E-state index contributed by atoms with van der Waals surface area (Å²) in [6.45, 7) is 16.8. The fraction of sp³-hybridized carbons (Fsp3) is 0.424. The van der Waals surface area contributed by atoms with Gasteiger partial charge in [0.25, 0.3) is 0 Å². The van der Waals surface area contributed by atoms with Gasteiger partial charge < -0.3 is 23.8 Å². The minimum Gasteiger partial charge on any atom is -0.449 e. The summed E-state index contributed by atoms with van der Waals surface area (Å²) >= 11 is 0. The minimum atomic E-state index is -0.631. The lowest BCUT2D eigenvalue weighted by molar-refractivity contribution is -0.401. The molecule has 0 unspecified atom stereocenters. The van der Waals surface area contributed by atoms with E-state index >= 15 is 0 Å². The highest BCUT2D eigenvalue weighted by molar-refractivity contribution is 6.03. The van der Waals surface area contributed by atoms with Gasteiger partial charge in [0.1, 0.15) is 7.05 Å². The molecular formula is C33H39N2O4+. The molecule has 204 valence electrons. The van der Waals surface area contributed by atoms with Crippen molar-refractivity contribution in [2.24, 2.45) is 0 Å². The SMILES string of the molecule is CN1C(=CC=CC=CC2=[N+](C)c3cc4c(cc3C2(C)C)OC(C)(C)O4)C(C)(C)c2cc3c(cc21)OC(C)(C)O3. The van der Waals surface area contributed by atoms with Crippen LogP contribution in [0.5, 0.6) is 23.0 Å². The van der Waals surface area contributed by atoms with E-state index in [1.165, 1.54) is 22.5 Å². The van der Waals surface area contributed by atoms with Crippen molar-refractivity contribution in [3.8, 4) is 23.0 Å². The second-order valence-corrected chi connectivity index (χ2v) is 12.9. The van der Waals surface area contributed by atoms with Crippen molar-refractivity contribution in [3.63, 3.8) is 0 Å². The van der Waals surface area contributed by atoms with Gasteiger partial charge in [-0.15, -0.1) is 0 Å². The second-order valence-electron chi connectivity index (χ2n) is 12.9. The Morgan fingerprint density at radius 3 is 1.82 bits per heavy atom. The average Bonchev–Trinajstić information content (AvgIpc) is 3.42. The van der Waals surface area contributed by atoms with Crippen molar-refractivity contribution >= 4 is 17.1 Å². The summed E-state index contributed by atoms with van der Waals surface area (Å²) < 4.78 is 26.3. The van der Waals surface area contributed by atoms with Crippen LogP contribution in [0.3, 0.4) is 0 Å². The van der Waals surface area contributed by atoms with Gasteiger partial charge >= 0.3 is 0 Å². The van der Waals surface area contributed by atoms with Crippen molar-refractivity contribution in [3.05, 3.63) is 71.5 Å². The Balaban J connectivity index is 1.24. The first-order valence-corrected chi connectivity index (χ1v) is 13.6. The van der Waals surface area contributed by atoms with Crippen molar-refractivity contribution in [2.45, 2.75) is 77.8 Å². The molecule has 6 rings (SSSR count). The number of rotatable bonds is 3. The highest BCUT2D eigenvalue weighted by atomic mass is 16.7. The lowest BCUT2D eigenvalue weighted by atomic mass is 9.81. The van der Waals surface area contributed by atoms with Gasteiger partial charge in [-0.05, 0) is 37.6 Å². The second kappa shape index (κ2) is 7.93. The highest BCUT2D eigenvalue weighted by Gasteiger charge is 2.46. The maximum absolute atomic E-state index is 6.02. The largest absolute Gasteiger partial charge is 0.449 e. The zero-order valence-corrected chi connectivity index (χ0v) is 24.7. The minimum absolute atomic E-state index is 0.160. The zero-order valence-electron chi connectivity index (χ0n) is 24.7. The van der Waals surface area contributed by atoms with Crippen LogP contribution in [0.2, 0.25) is 0 Å². The number of hydrogen-bond donors (Lipinski definition) is 0. The standard InChI is InChI=1S/C33H39N2O4/c1-30(2)20-16-24-26(38-32(5,6)36-24)18-22(20)34(9)28(30)14-12-11-13-15-29-31(3,4)21-17-25-27(19-23(21)35(29)10)39-33(7,8)37-25/h11-19H,1-10H3/q+1. The molecule has 6 heteroatoms. The van der Waals surface area contributed by atoms with Crippen molar-refractivity contribution in [1.29, 1.82) is 0 Å². The van der Waals surface area contributed by atoms with Gasteiger partial charge in [-0.25, -0.2) is 0 Å². The molecule has 0 saturated heterocycles. The van der Waals surface area contributed by atoms with Crippen LogP contribution in [0.25, 0.3) is 0 Å². The molecule has 4 aliphatic rings. The normalized spacial score (nSPS) is 23.4. The Kier molecular flexibility index (Phi) is 5.21. The summed E-state index contributed by atoms with van der Waals surface area (Å²) in [5.41, 5.74) is 6.92. The van der Waals surface area contributed by atoms with Crippen molar-refractivity contribution in [2.75, 3.05) is 19.0 Å². The van der Waals surface area contributed by atoms with Gasteiger partial charge in [-0.3, -0.25) is 0 Å². The Bertz CT molecular complexity index is 1540. The molecular weight excluding hydrogens is 488 g/mol. The fourth-order valence-electron chi connectivity index (χ4n) is 6.45. The van der Waals surface area contributed by atoms with Crippen LogP contribution in [-0.4, -0.2) is 36.0 Å². The first-order chi connectivity index (χ1) is 18.1. The lowest BCUT2D eigenvalue weighted by Crippen LogP contribution is -2.30. The van der Waals surface area contributed by atoms with Crippen LogP contribution < -0.4 is 23.8 Å². The van der Waals surface area contributed by atoms with Gasteiger partial charge in [0.15, 0.2) is 28.7 Å². The van der Waals surface area contributed by atoms with Gasteiger partial charge in [0.2, 0.25) is 17.3 Å². The van der Waals surface area contributed by atoms with Crippen LogP contribution in [0.4, 0.5) is 11.4 Å². The summed E-state index contributed by atoms with van der Waals surface area (Å²) in [5, 5.41) is 0. The highest BCUT2D eigenvalue weighted by Crippen LogP contribution is 2.53. The number of anilines is 1. The monoisotopic (exact) mass is 527 g/mol. The zero-order chi connectivity index (χ0) is 28.1. The molecule has 0 atom stereocenters. The number of allylic oxidation sites excluding steroid dienone is 6. The molecule has 0 aliphatic carbocycles. The molecule has 4 aliphatic heterocycles. The molecule has 2 aromatic rings. The first kappa shape index (κ1) is 25.6. The van der Waals surface area contributed by atoms with Crippen LogP contribution >= 0.6 is 0 Å². The Labute approximate surface area is 231 Å². The lowest BCUT2D eigenvalue weighted by Gasteiger charge is -2.23. The summed E-state index contributed by atoms with van der Waals surface area (Å²) in [4.78, 5) is 2.25. The maximum atomic E-state index is 6.02. The Hall–Kier alpha value is -3.67. The van der Waals surface area contributed by atoms with E-state index in [1.54, 1.807) is 0 Å². The van der Waals surface area contributed by atoms with Crippen LogP contribution in [-0.2, 0) is 10.8 Å². The quantitative estimate of drug-likeness (QED) is 0.314. The molecule has 0 N–H and O–H groups in total. The number of nitrogens with zero attached hydrogens (tertiary/aromatic N) is 2. The predicted octanol–water partition coefficient (Wildman–Crippen LogP) is 7.13. The Morgan fingerprint density at radius 1 is 0.667 bits per heavy atom. The third kappa shape index (κ3) is 3.87. The van der Waals surface area contributed by atoms with Gasteiger partial charge in [-0.1, -0.05) is 32.1 Å². The number of fused-ring (bicyclic) bond motifs is 4. The van der Waals surface area contributed by atoms with E-state index in [0.29, 0.717) is 0 Å². The molecule has 0 aromatic heterocycles. The molecule has 0 amide bonds. The first-order valence-electron chi connectivity index (χ1n) is 13.6. The fourth-order valence-corrected chi connectivity index (χ4v) is 6.45. The van der Waals surface area contributed by atoms with E-state index in [1.807, 2.05) is 27.7 Å². The molecule has 4 heterocycles.